The number of quaternary nitrogens is 1. The summed E-state index contributed by atoms with van der Waals surface area (Å²) in [6.07, 6.45) is 3.57. The van der Waals surface area contributed by atoms with Crippen molar-refractivity contribution in [3.05, 3.63) is 26.7 Å². The zero-order chi connectivity index (χ0) is 20.8. The number of piperidine rings is 1. The van der Waals surface area contributed by atoms with Gasteiger partial charge in [0.1, 0.15) is 6.54 Å². The third kappa shape index (κ3) is 3.57. The number of aryl methyl sites for hydroxylation is 1. The van der Waals surface area contributed by atoms with E-state index >= 15 is 0 Å². The molecular weight excluding hydrogens is 358 g/mol. The Bertz CT molecular complexity index is 1020. The van der Waals surface area contributed by atoms with Gasteiger partial charge in [0.05, 0.1) is 19.1 Å². The second kappa shape index (κ2) is 7.31. The number of ketones is 1. The lowest BCUT2D eigenvalue weighted by Crippen LogP contribution is -3.15. The minimum atomic E-state index is -0.523. The van der Waals surface area contributed by atoms with Crippen LogP contribution in [0.2, 0.25) is 0 Å². The van der Waals surface area contributed by atoms with Crippen LogP contribution in [-0.4, -0.2) is 37.1 Å². The molecule has 2 aromatic rings. The van der Waals surface area contributed by atoms with E-state index in [9.17, 15) is 14.4 Å². The van der Waals surface area contributed by atoms with Crippen LogP contribution in [0.3, 0.4) is 0 Å². The highest BCUT2D eigenvalue weighted by Gasteiger charge is 2.29. The average Bonchev–Trinajstić information content (AvgIpc) is 2.97. The van der Waals surface area contributed by atoms with Gasteiger partial charge in [-0.25, -0.2) is 9.78 Å². The molecule has 154 valence electrons. The Morgan fingerprint density at radius 2 is 1.86 bits per heavy atom. The van der Waals surface area contributed by atoms with Gasteiger partial charge in [-0.15, -0.1) is 0 Å². The van der Waals surface area contributed by atoms with E-state index in [1.165, 1.54) is 29.4 Å². The highest BCUT2D eigenvalue weighted by Crippen LogP contribution is 2.19. The SMILES string of the molecule is C[C@H]1CCCC[NH+]1Cc1nc2c(c(=O)n(C)c(=O)n2C)n1CC(=O)C(C)(C)C. The zero-order valence-electron chi connectivity index (χ0n) is 17.8. The monoisotopic (exact) mass is 390 g/mol. The highest BCUT2D eigenvalue weighted by atomic mass is 16.2. The Labute approximate surface area is 164 Å². The van der Waals surface area contributed by atoms with Gasteiger partial charge in [0.25, 0.3) is 5.56 Å². The highest BCUT2D eigenvalue weighted by molar-refractivity contribution is 5.85. The van der Waals surface area contributed by atoms with Crippen molar-refractivity contribution in [2.45, 2.75) is 66.1 Å². The molecule has 8 heteroatoms. The molecule has 0 aliphatic carbocycles. The Balaban J connectivity index is 2.18. The van der Waals surface area contributed by atoms with E-state index in [1.54, 1.807) is 11.6 Å². The van der Waals surface area contributed by atoms with E-state index in [0.29, 0.717) is 29.6 Å². The van der Waals surface area contributed by atoms with Gasteiger partial charge in [-0.1, -0.05) is 20.8 Å². The van der Waals surface area contributed by atoms with Gasteiger partial charge in [0, 0.05) is 19.5 Å². The van der Waals surface area contributed by atoms with Gasteiger partial charge in [0.2, 0.25) is 0 Å². The fourth-order valence-corrected chi connectivity index (χ4v) is 3.90. The van der Waals surface area contributed by atoms with E-state index in [-0.39, 0.29) is 12.3 Å². The van der Waals surface area contributed by atoms with E-state index in [2.05, 4.69) is 11.9 Å². The van der Waals surface area contributed by atoms with Gasteiger partial charge in [-0.3, -0.25) is 18.7 Å². The van der Waals surface area contributed by atoms with Crippen molar-refractivity contribution in [2.24, 2.45) is 19.5 Å². The largest absolute Gasteiger partial charge is 0.332 e. The molecule has 1 unspecified atom stereocenters. The van der Waals surface area contributed by atoms with Crippen LogP contribution in [0.15, 0.2) is 9.59 Å². The predicted molar refractivity (Wildman–Crippen MR) is 108 cm³/mol. The van der Waals surface area contributed by atoms with Gasteiger partial charge < -0.3 is 9.47 Å². The molecular formula is C20H32N5O3+. The summed E-state index contributed by atoms with van der Waals surface area (Å²) >= 11 is 0. The average molecular weight is 391 g/mol. The number of nitrogens with zero attached hydrogens (tertiary/aromatic N) is 4. The Hall–Kier alpha value is -2.22. The van der Waals surface area contributed by atoms with Crippen LogP contribution in [-0.2, 0) is 32.0 Å². The van der Waals surface area contributed by atoms with E-state index in [4.69, 9.17) is 0 Å². The van der Waals surface area contributed by atoms with Crippen LogP contribution in [0.1, 0.15) is 52.8 Å². The number of carbonyl (C=O) groups excluding carboxylic acids is 1. The van der Waals surface area contributed by atoms with Crippen molar-refractivity contribution in [1.82, 2.24) is 18.7 Å². The summed E-state index contributed by atoms with van der Waals surface area (Å²) in [7, 11) is 3.08. The molecule has 3 rings (SSSR count). The quantitative estimate of drug-likeness (QED) is 0.797. The van der Waals surface area contributed by atoms with Crippen LogP contribution in [0.5, 0.6) is 0 Å². The molecule has 1 aliphatic rings. The second-order valence-electron chi connectivity index (χ2n) is 9.15. The Kier molecular flexibility index (Phi) is 5.36. The third-order valence-electron chi connectivity index (χ3n) is 6.03. The number of hydrogen-bond acceptors (Lipinski definition) is 4. The molecule has 1 aliphatic heterocycles. The lowest BCUT2D eigenvalue weighted by molar-refractivity contribution is -0.942. The summed E-state index contributed by atoms with van der Waals surface area (Å²) in [5.74, 6) is 0.736. The number of rotatable bonds is 4. The first-order valence-electron chi connectivity index (χ1n) is 10.1. The molecule has 1 N–H and O–H groups in total. The molecule has 0 saturated carbocycles. The number of likely N-dealkylation sites (tertiary alicyclic amines) is 1. The predicted octanol–water partition coefficient (Wildman–Crippen LogP) is 0.00620. The van der Waals surface area contributed by atoms with Crippen molar-refractivity contribution in [3.8, 4) is 0 Å². The van der Waals surface area contributed by atoms with Gasteiger partial charge >= 0.3 is 5.69 Å². The van der Waals surface area contributed by atoms with Gasteiger partial charge in [-0.05, 0) is 26.2 Å². The number of carbonyl (C=O) groups is 1. The van der Waals surface area contributed by atoms with Crippen LogP contribution in [0.25, 0.3) is 11.2 Å². The molecule has 0 bridgehead atoms. The van der Waals surface area contributed by atoms with Gasteiger partial charge in [-0.2, -0.15) is 0 Å². The van der Waals surface area contributed by atoms with Crippen LogP contribution < -0.4 is 16.1 Å². The van der Waals surface area contributed by atoms with Crippen molar-refractivity contribution in [2.75, 3.05) is 6.54 Å². The van der Waals surface area contributed by atoms with Gasteiger partial charge in [0.15, 0.2) is 22.8 Å². The van der Waals surface area contributed by atoms with Crippen LogP contribution in [0.4, 0.5) is 0 Å². The number of fused-ring (bicyclic) bond motifs is 1. The minimum Gasteiger partial charge on any atom is -0.326 e. The molecule has 0 aromatic carbocycles. The maximum Gasteiger partial charge on any atom is 0.332 e. The first-order valence-corrected chi connectivity index (χ1v) is 10.1. The maximum atomic E-state index is 12.9. The number of imidazole rings is 1. The number of aromatic nitrogens is 4. The fourth-order valence-electron chi connectivity index (χ4n) is 3.90. The summed E-state index contributed by atoms with van der Waals surface area (Å²) in [6, 6.07) is 0.506. The molecule has 3 heterocycles. The third-order valence-corrected chi connectivity index (χ3v) is 6.03. The van der Waals surface area contributed by atoms with E-state index in [1.807, 2.05) is 20.8 Å². The molecule has 1 saturated heterocycles. The summed E-state index contributed by atoms with van der Waals surface area (Å²) < 4.78 is 4.23. The molecule has 0 amide bonds. The molecule has 0 radical (unpaired) electrons. The smallest absolute Gasteiger partial charge is 0.326 e. The molecule has 28 heavy (non-hydrogen) atoms. The van der Waals surface area contributed by atoms with E-state index in [0.717, 1.165) is 17.5 Å². The van der Waals surface area contributed by atoms with E-state index < -0.39 is 16.7 Å². The minimum absolute atomic E-state index is 0.0330. The Morgan fingerprint density at radius 1 is 1.18 bits per heavy atom. The van der Waals surface area contributed by atoms with Crippen LogP contribution in [0, 0.1) is 5.41 Å². The first-order chi connectivity index (χ1) is 13.0. The standard InChI is InChI=1S/C20H31N5O3/c1-13-9-7-8-10-24(13)12-15-21-17-16(18(27)23(6)19(28)22(17)5)25(15)11-14(26)20(2,3)4/h13H,7-12H2,1-6H3/p+1/t13-/m0/s1. The molecule has 1 fully saturated rings. The second-order valence-corrected chi connectivity index (χ2v) is 9.15. The maximum absolute atomic E-state index is 12.9. The van der Waals surface area contributed by atoms with Crippen molar-refractivity contribution < 1.29 is 9.69 Å². The molecule has 2 aromatic heterocycles. The number of nitrogens with one attached hydrogen (secondary N) is 1. The summed E-state index contributed by atoms with van der Waals surface area (Å²) in [6.45, 7) is 9.64. The van der Waals surface area contributed by atoms with Crippen molar-refractivity contribution >= 4 is 16.9 Å². The molecule has 8 nitrogen and oxygen atoms in total. The number of Topliss-reactive ketones (excluding diaryl/α,β-unsaturated/α-hetero) is 1. The first kappa shape index (κ1) is 20.5. The Morgan fingerprint density at radius 3 is 2.46 bits per heavy atom. The fraction of sp³-hybridized carbons (Fsp3) is 0.700. The molecule has 2 atom stereocenters. The molecule has 0 spiro atoms. The summed E-state index contributed by atoms with van der Waals surface area (Å²) in [5, 5.41) is 0. The summed E-state index contributed by atoms with van der Waals surface area (Å²) in [4.78, 5) is 44.1. The lowest BCUT2D eigenvalue weighted by atomic mass is 9.91. The summed E-state index contributed by atoms with van der Waals surface area (Å²) in [5.41, 5.74) is -0.643. The van der Waals surface area contributed by atoms with Crippen molar-refractivity contribution in [3.63, 3.8) is 0 Å². The number of hydrogen-bond donors (Lipinski definition) is 1. The van der Waals surface area contributed by atoms with Crippen molar-refractivity contribution in [1.29, 1.82) is 0 Å². The normalized spacial score (nSPS) is 20.6. The van der Waals surface area contributed by atoms with Crippen LogP contribution >= 0.6 is 0 Å². The zero-order valence-corrected chi connectivity index (χ0v) is 17.8. The lowest BCUT2D eigenvalue weighted by Gasteiger charge is -2.30. The topological polar surface area (TPSA) is 83.3 Å².